The first-order valence-corrected chi connectivity index (χ1v) is 6.22. The molecule has 0 fully saturated rings. The Morgan fingerprint density at radius 3 is 2.35 bits per heavy atom. The number of pyridine rings is 1. The van der Waals surface area contributed by atoms with Crippen LogP contribution in [0.4, 0.5) is 5.82 Å². The van der Waals surface area contributed by atoms with Gasteiger partial charge in [0.25, 0.3) is 0 Å². The molecular formula is C14H20N2O4. The summed E-state index contributed by atoms with van der Waals surface area (Å²) in [7, 11) is 1.31. The largest absolute Gasteiger partial charge is 0.480 e. The smallest absolute Gasteiger partial charge is 0.339 e. The third kappa shape index (κ3) is 3.69. The molecule has 0 radical (unpaired) electrons. The molecule has 0 atom stereocenters. The van der Waals surface area contributed by atoms with Crippen LogP contribution in [0.15, 0.2) is 12.1 Å². The lowest BCUT2D eigenvalue weighted by Gasteiger charge is -2.35. The second-order valence-corrected chi connectivity index (χ2v) is 5.44. The second-order valence-electron chi connectivity index (χ2n) is 5.44. The number of methoxy groups -OCH3 is 1. The van der Waals surface area contributed by atoms with Gasteiger partial charge in [-0.15, -0.1) is 0 Å². The summed E-state index contributed by atoms with van der Waals surface area (Å²) in [4.78, 5) is 28.5. The van der Waals surface area contributed by atoms with Gasteiger partial charge >= 0.3 is 11.9 Å². The Balaban J connectivity index is 3.20. The van der Waals surface area contributed by atoms with Crippen molar-refractivity contribution in [3.05, 3.63) is 23.4 Å². The molecule has 6 nitrogen and oxygen atoms in total. The third-order valence-corrected chi connectivity index (χ3v) is 2.86. The normalized spacial score (nSPS) is 11.1. The maximum atomic E-state index is 11.5. The van der Waals surface area contributed by atoms with Crippen LogP contribution in [0.5, 0.6) is 0 Å². The van der Waals surface area contributed by atoms with E-state index in [1.807, 2.05) is 20.8 Å². The van der Waals surface area contributed by atoms with Crippen molar-refractivity contribution in [1.82, 2.24) is 4.98 Å². The quantitative estimate of drug-likeness (QED) is 0.848. The monoisotopic (exact) mass is 280 g/mol. The van der Waals surface area contributed by atoms with E-state index in [0.717, 1.165) is 0 Å². The van der Waals surface area contributed by atoms with Crippen LogP contribution in [0.25, 0.3) is 0 Å². The summed E-state index contributed by atoms with van der Waals surface area (Å²) < 4.78 is 4.66. The maximum absolute atomic E-state index is 11.5. The number of nitrogens with zero attached hydrogens (tertiary/aromatic N) is 2. The predicted octanol–water partition coefficient (Wildman–Crippen LogP) is 1.87. The van der Waals surface area contributed by atoms with Crippen LogP contribution in [0.3, 0.4) is 0 Å². The molecule has 0 spiro atoms. The molecule has 0 aromatic carbocycles. The Hall–Kier alpha value is -2.11. The number of esters is 1. The molecule has 0 amide bonds. The summed E-state index contributed by atoms with van der Waals surface area (Å²) in [6.07, 6.45) is 0. The standard InChI is InChI=1S/C14H20N2O4/c1-9-10(13(19)20-5)6-7-11(15-9)16(8-12(17)18)14(2,3)4/h6-7H,8H2,1-5H3,(H,17,18). The summed E-state index contributed by atoms with van der Waals surface area (Å²) in [5, 5.41) is 9.02. The number of aliphatic carboxylic acids is 1. The zero-order chi connectivity index (χ0) is 15.5. The average Bonchev–Trinajstić information content (AvgIpc) is 2.33. The molecule has 1 aromatic heterocycles. The van der Waals surface area contributed by atoms with Gasteiger partial charge in [-0.2, -0.15) is 0 Å². The molecular weight excluding hydrogens is 260 g/mol. The van der Waals surface area contributed by atoms with Crippen LogP contribution in [0, 0.1) is 6.92 Å². The van der Waals surface area contributed by atoms with Crippen LogP contribution in [0.1, 0.15) is 36.8 Å². The van der Waals surface area contributed by atoms with Crippen molar-refractivity contribution in [3.63, 3.8) is 0 Å². The van der Waals surface area contributed by atoms with Gasteiger partial charge in [0.2, 0.25) is 0 Å². The fourth-order valence-electron chi connectivity index (χ4n) is 1.82. The lowest BCUT2D eigenvalue weighted by molar-refractivity contribution is -0.135. The van der Waals surface area contributed by atoms with Crippen LogP contribution >= 0.6 is 0 Å². The first-order chi connectivity index (χ1) is 9.16. The number of hydrogen-bond acceptors (Lipinski definition) is 5. The lowest BCUT2D eigenvalue weighted by atomic mass is 10.1. The molecule has 1 aromatic rings. The van der Waals surface area contributed by atoms with Crippen LogP contribution in [-0.2, 0) is 9.53 Å². The summed E-state index contributed by atoms with van der Waals surface area (Å²) in [5.74, 6) is -0.872. The molecule has 0 unspecified atom stereocenters. The van der Waals surface area contributed by atoms with E-state index < -0.39 is 17.5 Å². The van der Waals surface area contributed by atoms with Crippen molar-refractivity contribution in [2.45, 2.75) is 33.2 Å². The number of aromatic nitrogens is 1. The Bertz CT molecular complexity index is 520. The number of anilines is 1. The Kier molecular flexibility index (Phi) is 4.70. The Labute approximate surface area is 118 Å². The minimum Gasteiger partial charge on any atom is -0.480 e. The molecule has 1 heterocycles. The van der Waals surface area contributed by atoms with E-state index in [0.29, 0.717) is 17.1 Å². The number of aryl methyl sites for hydroxylation is 1. The number of carboxylic acids is 1. The van der Waals surface area contributed by atoms with E-state index in [4.69, 9.17) is 5.11 Å². The number of rotatable bonds is 4. The molecule has 0 saturated carbocycles. The molecule has 0 aliphatic heterocycles. The molecule has 0 saturated heterocycles. The molecule has 0 aliphatic carbocycles. The van der Waals surface area contributed by atoms with Gasteiger partial charge in [-0.25, -0.2) is 9.78 Å². The van der Waals surface area contributed by atoms with Gasteiger partial charge in [-0.05, 0) is 39.8 Å². The van der Waals surface area contributed by atoms with Crippen molar-refractivity contribution in [2.24, 2.45) is 0 Å². The summed E-state index contributed by atoms with van der Waals surface area (Å²) >= 11 is 0. The number of carboxylic acid groups (broad SMARTS) is 1. The van der Waals surface area contributed by atoms with E-state index in [1.54, 1.807) is 24.0 Å². The highest BCUT2D eigenvalue weighted by Crippen LogP contribution is 2.23. The van der Waals surface area contributed by atoms with Gasteiger partial charge in [-0.3, -0.25) is 4.79 Å². The minimum absolute atomic E-state index is 0.159. The van der Waals surface area contributed by atoms with Crippen LogP contribution in [0.2, 0.25) is 0 Å². The highest BCUT2D eigenvalue weighted by molar-refractivity contribution is 5.90. The van der Waals surface area contributed by atoms with Crippen molar-refractivity contribution < 1.29 is 19.4 Å². The van der Waals surface area contributed by atoms with Crippen LogP contribution < -0.4 is 4.90 Å². The zero-order valence-electron chi connectivity index (χ0n) is 12.4. The third-order valence-electron chi connectivity index (χ3n) is 2.86. The first-order valence-electron chi connectivity index (χ1n) is 6.22. The summed E-state index contributed by atoms with van der Waals surface area (Å²) in [5.41, 5.74) is 0.486. The van der Waals surface area contributed by atoms with Crippen molar-refractivity contribution in [1.29, 1.82) is 0 Å². The first kappa shape index (κ1) is 15.9. The van der Waals surface area contributed by atoms with Gasteiger partial charge in [0.05, 0.1) is 18.4 Å². The van der Waals surface area contributed by atoms with Gasteiger partial charge in [-0.1, -0.05) is 0 Å². The summed E-state index contributed by atoms with van der Waals surface area (Å²) in [6.45, 7) is 7.24. The van der Waals surface area contributed by atoms with Crippen molar-refractivity contribution in [3.8, 4) is 0 Å². The van der Waals surface area contributed by atoms with Gasteiger partial charge in [0, 0.05) is 5.54 Å². The van der Waals surface area contributed by atoms with E-state index in [2.05, 4.69) is 9.72 Å². The molecule has 6 heteroatoms. The minimum atomic E-state index is -0.934. The van der Waals surface area contributed by atoms with Gasteiger partial charge < -0.3 is 14.7 Å². The maximum Gasteiger partial charge on any atom is 0.339 e. The number of hydrogen-bond donors (Lipinski definition) is 1. The SMILES string of the molecule is COC(=O)c1ccc(N(CC(=O)O)C(C)(C)C)nc1C. The van der Waals surface area contributed by atoms with Gasteiger partial charge in [0.1, 0.15) is 12.4 Å². The second kappa shape index (κ2) is 5.90. The Morgan fingerprint density at radius 2 is 1.95 bits per heavy atom. The molecule has 1 N–H and O–H groups in total. The number of ether oxygens (including phenoxy) is 1. The molecule has 0 bridgehead atoms. The fraction of sp³-hybridized carbons (Fsp3) is 0.500. The lowest BCUT2D eigenvalue weighted by Crippen LogP contribution is -2.45. The molecule has 110 valence electrons. The van der Waals surface area contributed by atoms with Crippen molar-refractivity contribution in [2.75, 3.05) is 18.6 Å². The Morgan fingerprint density at radius 1 is 1.35 bits per heavy atom. The topological polar surface area (TPSA) is 79.7 Å². The van der Waals surface area contributed by atoms with E-state index in [9.17, 15) is 9.59 Å². The highest BCUT2D eigenvalue weighted by Gasteiger charge is 2.25. The number of carbonyl (C=O) groups excluding carboxylic acids is 1. The van der Waals surface area contributed by atoms with Crippen molar-refractivity contribution >= 4 is 17.8 Å². The fourth-order valence-corrected chi connectivity index (χ4v) is 1.82. The van der Waals surface area contributed by atoms with E-state index >= 15 is 0 Å². The summed E-state index contributed by atoms with van der Waals surface area (Å²) in [6, 6.07) is 3.23. The predicted molar refractivity (Wildman–Crippen MR) is 75.0 cm³/mol. The van der Waals surface area contributed by atoms with E-state index in [-0.39, 0.29) is 6.54 Å². The average molecular weight is 280 g/mol. The highest BCUT2D eigenvalue weighted by atomic mass is 16.5. The van der Waals surface area contributed by atoms with Gasteiger partial charge in [0.15, 0.2) is 0 Å². The van der Waals surface area contributed by atoms with Crippen LogP contribution in [-0.4, -0.2) is 41.2 Å². The molecule has 0 aliphatic rings. The molecule has 20 heavy (non-hydrogen) atoms. The molecule has 1 rings (SSSR count). The zero-order valence-corrected chi connectivity index (χ0v) is 12.4. The van der Waals surface area contributed by atoms with E-state index in [1.165, 1.54) is 7.11 Å². The number of carbonyl (C=O) groups is 2.